The van der Waals surface area contributed by atoms with Crippen molar-refractivity contribution in [2.75, 3.05) is 11.0 Å². The van der Waals surface area contributed by atoms with E-state index >= 15 is 0 Å². The summed E-state index contributed by atoms with van der Waals surface area (Å²) in [4.78, 5) is 12.8. The Labute approximate surface area is 205 Å². The second-order valence-electron chi connectivity index (χ2n) is 8.03. The van der Waals surface area contributed by atoms with Gasteiger partial charge in [0.15, 0.2) is 9.84 Å². The monoisotopic (exact) mass is 520 g/mol. The average Bonchev–Trinajstić information content (AvgIpc) is 2.76. The molecule has 7 nitrogen and oxygen atoms in total. The van der Waals surface area contributed by atoms with Crippen LogP contribution in [0.15, 0.2) is 70.5 Å². The summed E-state index contributed by atoms with van der Waals surface area (Å²) in [6, 6.07) is 15.0. The molecule has 3 aromatic rings. The van der Waals surface area contributed by atoms with Crippen LogP contribution in [0.2, 0.25) is 5.02 Å². The number of sulfone groups is 1. The molecule has 3 aromatic carbocycles. The zero-order valence-electron chi connectivity index (χ0n) is 19.1. The Hall–Kier alpha value is -2.88. The Morgan fingerprint density at radius 2 is 1.59 bits per heavy atom. The molecule has 0 unspecified atom stereocenters. The molecule has 180 valence electrons. The Balaban J connectivity index is 1.83. The zero-order valence-corrected chi connectivity index (χ0v) is 21.5. The van der Waals surface area contributed by atoms with E-state index in [1.54, 1.807) is 31.2 Å². The lowest BCUT2D eigenvalue weighted by Crippen LogP contribution is -2.27. The first-order valence-corrected chi connectivity index (χ1v) is 14.0. The minimum atomic E-state index is -4.06. The van der Waals surface area contributed by atoms with E-state index in [9.17, 15) is 21.6 Å². The van der Waals surface area contributed by atoms with Gasteiger partial charge in [0.2, 0.25) is 0 Å². The van der Waals surface area contributed by atoms with Gasteiger partial charge in [-0.25, -0.2) is 16.8 Å². The van der Waals surface area contributed by atoms with Crippen molar-refractivity contribution < 1.29 is 21.6 Å². The molecule has 0 radical (unpaired) electrons. The van der Waals surface area contributed by atoms with Crippen LogP contribution >= 0.6 is 11.6 Å². The van der Waals surface area contributed by atoms with Crippen molar-refractivity contribution in [2.45, 2.75) is 36.6 Å². The van der Waals surface area contributed by atoms with E-state index in [4.69, 9.17) is 11.6 Å². The SMILES string of the molecule is Cc1cccc(NS(=O)(=O)c2cc(C(=O)N[C@H](C)c3ccc(S(C)(=O)=O)cc3)ccc2Cl)c1C. The highest BCUT2D eigenvalue weighted by Crippen LogP contribution is 2.27. The van der Waals surface area contributed by atoms with Gasteiger partial charge in [-0.15, -0.1) is 0 Å². The number of benzene rings is 3. The first-order valence-electron chi connectivity index (χ1n) is 10.3. The minimum absolute atomic E-state index is 0.0150. The van der Waals surface area contributed by atoms with Gasteiger partial charge in [0, 0.05) is 11.8 Å². The number of anilines is 1. The fourth-order valence-corrected chi connectivity index (χ4v) is 5.56. The van der Waals surface area contributed by atoms with Gasteiger partial charge < -0.3 is 5.32 Å². The highest BCUT2D eigenvalue weighted by molar-refractivity contribution is 7.92. The number of amides is 1. The third kappa shape index (κ3) is 5.78. The molecular formula is C24H25ClN2O5S2. The van der Waals surface area contributed by atoms with Crippen LogP contribution in [-0.4, -0.2) is 29.0 Å². The smallest absolute Gasteiger partial charge is 0.263 e. The van der Waals surface area contributed by atoms with Gasteiger partial charge in [0.05, 0.1) is 21.6 Å². The first kappa shape index (κ1) is 25.7. The number of hydrogen-bond donors (Lipinski definition) is 2. The lowest BCUT2D eigenvalue weighted by molar-refractivity contribution is 0.0939. The van der Waals surface area contributed by atoms with Gasteiger partial charge in [0.1, 0.15) is 4.90 Å². The van der Waals surface area contributed by atoms with Crippen LogP contribution < -0.4 is 10.0 Å². The van der Waals surface area contributed by atoms with Crippen molar-refractivity contribution >= 4 is 43.1 Å². The molecule has 0 aliphatic carbocycles. The van der Waals surface area contributed by atoms with Crippen molar-refractivity contribution in [3.63, 3.8) is 0 Å². The van der Waals surface area contributed by atoms with Gasteiger partial charge in [-0.05, 0) is 73.9 Å². The topological polar surface area (TPSA) is 109 Å². The molecule has 0 aliphatic heterocycles. The third-order valence-electron chi connectivity index (χ3n) is 5.49. The Bertz CT molecular complexity index is 1450. The summed E-state index contributed by atoms with van der Waals surface area (Å²) in [5, 5.41) is 2.77. The number of carbonyl (C=O) groups excluding carboxylic acids is 1. The van der Waals surface area contributed by atoms with E-state index in [1.807, 2.05) is 19.9 Å². The van der Waals surface area contributed by atoms with Crippen LogP contribution in [0.5, 0.6) is 0 Å². The number of aryl methyl sites for hydroxylation is 1. The normalized spacial score (nSPS) is 12.7. The van der Waals surface area contributed by atoms with E-state index in [0.717, 1.165) is 17.4 Å². The number of nitrogens with one attached hydrogen (secondary N) is 2. The molecule has 34 heavy (non-hydrogen) atoms. The van der Waals surface area contributed by atoms with Gasteiger partial charge in [0.25, 0.3) is 15.9 Å². The molecular weight excluding hydrogens is 496 g/mol. The quantitative estimate of drug-likeness (QED) is 0.471. The molecule has 0 spiro atoms. The zero-order chi connectivity index (χ0) is 25.3. The van der Waals surface area contributed by atoms with Crippen molar-refractivity contribution in [3.8, 4) is 0 Å². The Morgan fingerprint density at radius 1 is 0.941 bits per heavy atom. The Morgan fingerprint density at radius 3 is 2.21 bits per heavy atom. The number of hydrogen-bond acceptors (Lipinski definition) is 5. The maximum absolute atomic E-state index is 13.0. The minimum Gasteiger partial charge on any atom is -0.346 e. The average molecular weight is 521 g/mol. The van der Waals surface area contributed by atoms with Crippen LogP contribution in [0.1, 0.15) is 40.0 Å². The summed E-state index contributed by atoms with van der Waals surface area (Å²) in [5.41, 5.74) is 2.95. The van der Waals surface area contributed by atoms with Gasteiger partial charge in [-0.1, -0.05) is 35.9 Å². The molecule has 0 heterocycles. The Kier molecular flexibility index (Phi) is 7.40. The number of carbonyl (C=O) groups is 1. The molecule has 0 bridgehead atoms. The second kappa shape index (κ2) is 9.77. The van der Waals surface area contributed by atoms with Crippen LogP contribution in [0.4, 0.5) is 5.69 Å². The molecule has 10 heteroatoms. The fourth-order valence-electron chi connectivity index (χ4n) is 3.28. The second-order valence-corrected chi connectivity index (χ2v) is 12.1. The van der Waals surface area contributed by atoms with Gasteiger partial charge in [-0.3, -0.25) is 9.52 Å². The third-order valence-corrected chi connectivity index (χ3v) is 8.46. The summed E-state index contributed by atoms with van der Waals surface area (Å²) >= 11 is 6.18. The number of sulfonamides is 1. The van der Waals surface area contributed by atoms with Crippen molar-refractivity contribution in [1.82, 2.24) is 5.32 Å². The largest absolute Gasteiger partial charge is 0.346 e. The maximum atomic E-state index is 13.0. The predicted molar refractivity (Wildman–Crippen MR) is 134 cm³/mol. The summed E-state index contributed by atoms with van der Waals surface area (Å²) in [5.74, 6) is -0.500. The highest BCUT2D eigenvalue weighted by atomic mass is 35.5. The fraction of sp³-hybridized carbons (Fsp3) is 0.208. The van der Waals surface area contributed by atoms with Crippen LogP contribution in [0.3, 0.4) is 0 Å². The molecule has 0 aliphatic rings. The van der Waals surface area contributed by atoms with Crippen LogP contribution in [0, 0.1) is 13.8 Å². The molecule has 1 atom stereocenters. The number of halogens is 1. The van der Waals surface area contributed by atoms with Crippen LogP contribution in [-0.2, 0) is 19.9 Å². The molecule has 3 rings (SSSR count). The van der Waals surface area contributed by atoms with Crippen molar-refractivity contribution in [2.24, 2.45) is 0 Å². The van der Waals surface area contributed by atoms with E-state index in [-0.39, 0.29) is 20.4 Å². The molecule has 0 fully saturated rings. The number of rotatable bonds is 7. The van der Waals surface area contributed by atoms with Crippen LogP contribution in [0.25, 0.3) is 0 Å². The highest BCUT2D eigenvalue weighted by Gasteiger charge is 2.22. The summed E-state index contributed by atoms with van der Waals surface area (Å²) in [6.07, 6.45) is 1.12. The van der Waals surface area contributed by atoms with E-state index in [2.05, 4.69) is 10.0 Å². The first-order chi connectivity index (χ1) is 15.8. The van der Waals surface area contributed by atoms with Crippen molar-refractivity contribution in [1.29, 1.82) is 0 Å². The lowest BCUT2D eigenvalue weighted by atomic mass is 10.1. The summed E-state index contributed by atoms with van der Waals surface area (Å²) in [6.45, 7) is 5.42. The van der Waals surface area contributed by atoms with Gasteiger partial charge >= 0.3 is 0 Å². The summed E-state index contributed by atoms with van der Waals surface area (Å²) < 4.78 is 51.9. The van der Waals surface area contributed by atoms with E-state index < -0.39 is 31.8 Å². The standard InChI is InChI=1S/C24H25ClN2O5S2/c1-15-6-5-7-22(16(15)2)27-34(31,32)23-14-19(10-13-21(23)25)24(28)26-17(3)18-8-11-20(12-9-18)33(4,29)30/h5-14,17,27H,1-4H3,(H,26,28)/t17-/m1/s1. The lowest BCUT2D eigenvalue weighted by Gasteiger charge is -2.16. The van der Waals surface area contributed by atoms with E-state index in [1.165, 1.54) is 30.3 Å². The molecule has 0 saturated heterocycles. The molecule has 0 aromatic heterocycles. The van der Waals surface area contributed by atoms with Gasteiger partial charge in [-0.2, -0.15) is 0 Å². The predicted octanol–water partition coefficient (Wildman–Crippen LogP) is 4.65. The molecule has 1 amide bonds. The summed E-state index contributed by atoms with van der Waals surface area (Å²) in [7, 11) is -7.38. The molecule has 0 saturated carbocycles. The van der Waals surface area contributed by atoms with E-state index in [0.29, 0.717) is 11.3 Å². The maximum Gasteiger partial charge on any atom is 0.263 e. The van der Waals surface area contributed by atoms with Crippen molar-refractivity contribution in [3.05, 3.63) is 87.9 Å². The molecule has 2 N–H and O–H groups in total.